The highest BCUT2D eigenvalue weighted by atomic mass is 79.9. The molecule has 2 rings (SSSR count). The van der Waals surface area contributed by atoms with Crippen molar-refractivity contribution in [1.29, 1.82) is 0 Å². The third kappa shape index (κ3) is 4.80. The molecular formula is C16H16BrCl2NO. The van der Waals surface area contributed by atoms with Crippen molar-refractivity contribution in [1.82, 2.24) is 0 Å². The van der Waals surface area contributed by atoms with Gasteiger partial charge in [-0.3, -0.25) is 0 Å². The van der Waals surface area contributed by atoms with Gasteiger partial charge in [0.25, 0.3) is 0 Å². The van der Waals surface area contributed by atoms with Crippen LogP contribution in [0.25, 0.3) is 0 Å². The molecule has 0 fully saturated rings. The summed E-state index contributed by atoms with van der Waals surface area (Å²) in [4.78, 5) is 0. The fourth-order valence-electron chi connectivity index (χ4n) is 1.87. The smallest absolute Gasteiger partial charge is 0.119 e. The molecule has 0 heterocycles. The molecule has 0 spiro atoms. The van der Waals surface area contributed by atoms with E-state index in [1.807, 2.05) is 36.4 Å². The third-order valence-corrected chi connectivity index (χ3v) is 3.90. The number of nitrogens with one attached hydrogen (secondary N) is 1. The van der Waals surface area contributed by atoms with E-state index in [2.05, 4.69) is 28.2 Å². The molecule has 0 aliphatic carbocycles. The number of hydrogen-bond acceptors (Lipinski definition) is 2. The summed E-state index contributed by atoms with van der Waals surface area (Å²) in [5.74, 6) is 0.879. The lowest BCUT2D eigenvalue weighted by atomic mass is 10.2. The standard InChI is InChI=1S/C16H16BrCl2NO/c1-2-6-21-13-5-3-4-11(7-13)10-20-16-14(18)8-12(17)9-15(16)19/h3-5,7-9,20H,2,6,10H2,1H3. The molecule has 0 saturated carbocycles. The van der Waals surface area contributed by atoms with Gasteiger partial charge in [-0.15, -0.1) is 0 Å². The fourth-order valence-corrected chi connectivity index (χ4v) is 3.21. The van der Waals surface area contributed by atoms with E-state index in [-0.39, 0.29) is 0 Å². The Bertz CT molecular complexity index is 596. The first-order valence-electron chi connectivity index (χ1n) is 6.70. The van der Waals surface area contributed by atoms with Crippen molar-refractivity contribution < 1.29 is 4.74 Å². The quantitative estimate of drug-likeness (QED) is 0.639. The summed E-state index contributed by atoms with van der Waals surface area (Å²) < 4.78 is 6.48. The molecule has 5 heteroatoms. The molecule has 0 unspecified atom stereocenters. The molecule has 1 N–H and O–H groups in total. The second kappa shape index (κ2) is 7.92. The third-order valence-electron chi connectivity index (χ3n) is 2.85. The minimum absolute atomic E-state index is 0.591. The molecule has 2 aromatic rings. The average Bonchev–Trinajstić information content (AvgIpc) is 2.44. The van der Waals surface area contributed by atoms with Crippen LogP contribution in [0.1, 0.15) is 18.9 Å². The molecule has 0 atom stereocenters. The van der Waals surface area contributed by atoms with Crippen molar-refractivity contribution in [2.24, 2.45) is 0 Å². The van der Waals surface area contributed by atoms with E-state index < -0.39 is 0 Å². The topological polar surface area (TPSA) is 21.3 Å². The Morgan fingerprint density at radius 1 is 1.14 bits per heavy atom. The monoisotopic (exact) mass is 387 g/mol. The summed E-state index contributed by atoms with van der Waals surface area (Å²) in [5.41, 5.74) is 1.85. The Morgan fingerprint density at radius 2 is 1.86 bits per heavy atom. The normalized spacial score (nSPS) is 10.5. The van der Waals surface area contributed by atoms with Crippen LogP contribution in [0.3, 0.4) is 0 Å². The van der Waals surface area contributed by atoms with Crippen molar-refractivity contribution in [2.75, 3.05) is 11.9 Å². The number of benzene rings is 2. The zero-order valence-corrected chi connectivity index (χ0v) is 14.7. The summed E-state index contributed by atoms with van der Waals surface area (Å²) >= 11 is 15.8. The van der Waals surface area contributed by atoms with Gasteiger partial charge in [0.05, 0.1) is 22.3 Å². The van der Waals surface area contributed by atoms with Gasteiger partial charge in [-0.05, 0) is 36.2 Å². The highest BCUT2D eigenvalue weighted by Gasteiger charge is 2.07. The van der Waals surface area contributed by atoms with Crippen LogP contribution in [0.2, 0.25) is 10.0 Å². The van der Waals surface area contributed by atoms with Crippen LogP contribution >= 0.6 is 39.1 Å². The molecule has 0 saturated heterocycles. The van der Waals surface area contributed by atoms with Crippen LogP contribution in [0.5, 0.6) is 5.75 Å². The van der Waals surface area contributed by atoms with Crippen LogP contribution in [0.15, 0.2) is 40.9 Å². The maximum absolute atomic E-state index is 6.20. The van der Waals surface area contributed by atoms with Crippen LogP contribution < -0.4 is 10.1 Å². The van der Waals surface area contributed by atoms with E-state index in [1.165, 1.54) is 0 Å². The Balaban J connectivity index is 2.06. The SMILES string of the molecule is CCCOc1cccc(CNc2c(Cl)cc(Br)cc2Cl)c1. The largest absolute Gasteiger partial charge is 0.494 e. The summed E-state index contributed by atoms with van der Waals surface area (Å²) in [5, 5.41) is 4.45. The summed E-state index contributed by atoms with van der Waals surface area (Å²) in [6.45, 7) is 3.44. The van der Waals surface area contributed by atoms with Gasteiger partial charge < -0.3 is 10.1 Å². The van der Waals surface area contributed by atoms with Gasteiger partial charge in [0.2, 0.25) is 0 Å². The van der Waals surface area contributed by atoms with Gasteiger partial charge in [-0.1, -0.05) is 58.2 Å². The predicted octanol–water partition coefficient (Wildman–Crippen LogP) is 6.16. The minimum Gasteiger partial charge on any atom is -0.494 e. The number of hydrogen-bond donors (Lipinski definition) is 1. The number of halogens is 3. The highest BCUT2D eigenvalue weighted by Crippen LogP contribution is 2.34. The Morgan fingerprint density at radius 3 is 2.52 bits per heavy atom. The molecule has 0 aliphatic rings. The lowest BCUT2D eigenvalue weighted by Gasteiger charge is -2.12. The van der Waals surface area contributed by atoms with Crippen molar-refractivity contribution >= 4 is 44.8 Å². The lowest BCUT2D eigenvalue weighted by Crippen LogP contribution is -2.02. The van der Waals surface area contributed by atoms with Gasteiger partial charge in [-0.25, -0.2) is 0 Å². The zero-order chi connectivity index (χ0) is 15.2. The molecule has 2 aromatic carbocycles. The van der Waals surface area contributed by atoms with Gasteiger partial charge in [-0.2, -0.15) is 0 Å². The van der Waals surface area contributed by atoms with E-state index in [9.17, 15) is 0 Å². The van der Waals surface area contributed by atoms with E-state index in [0.29, 0.717) is 16.6 Å². The highest BCUT2D eigenvalue weighted by molar-refractivity contribution is 9.10. The second-order valence-corrected chi connectivity index (χ2v) is 6.32. The number of anilines is 1. The Hall–Kier alpha value is -0.900. The molecule has 112 valence electrons. The first kappa shape index (κ1) is 16.5. The van der Waals surface area contributed by atoms with Crippen molar-refractivity contribution in [3.8, 4) is 5.75 Å². The van der Waals surface area contributed by atoms with E-state index >= 15 is 0 Å². The summed E-state index contributed by atoms with van der Waals surface area (Å²) in [7, 11) is 0. The van der Waals surface area contributed by atoms with E-state index in [1.54, 1.807) is 0 Å². The molecule has 21 heavy (non-hydrogen) atoms. The van der Waals surface area contributed by atoms with Crippen molar-refractivity contribution in [3.05, 3.63) is 56.5 Å². The van der Waals surface area contributed by atoms with Crippen LogP contribution in [-0.4, -0.2) is 6.61 Å². The lowest BCUT2D eigenvalue weighted by molar-refractivity contribution is 0.317. The Kier molecular flexibility index (Phi) is 6.22. The molecule has 0 aromatic heterocycles. The van der Waals surface area contributed by atoms with Gasteiger partial charge in [0.15, 0.2) is 0 Å². The Labute approximate surface area is 143 Å². The van der Waals surface area contributed by atoms with Gasteiger partial charge in [0, 0.05) is 11.0 Å². The van der Waals surface area contributed by atoms with E-state index in [0.717, 1.165) is 34.5 Å². The minimum atomic E-state index is 0.591. The maximum atomic E-state index is 6.20. The second-order valence-electron chi connectivity index (χ2n) is 4.59. The van der Waals surface area contributed by atoms with Gasteiger partial charge in [0.1, 0.15) is 5.75 Å². The summed E-state index contributed by atoms with van der Waals surface area (Å²) in [6.07, 6.45) is 0.993. The fraction of sp³-hybridized carbons (Fsp3) is 0.250. The first-order valence-corrected chi connectivity index (χ1v) is 8.25. The van der Waals surface area contributed by atoms with Crippen molar-refractivity contribution in [3.63, 3.8) is 0 Å². The van der Waals surface area contributed by atoms with Crippen LogP contribution in [0.4, 0.5) is 5.69 Å². The molecule has 0 aliphatic heterocycles. The number of ether oxygens (including phenoxy) is 1. The van der Waals surface area contributed by atoms with E-state index in [4.69, 9.17) is 27.9 Å². The van der Waals surface area contributed by atoms with Crippen LogP contribution in [0, 0.1) is 0 Å². The predicted molar refractivity (Wildman–Crippen MR) is 93.7 cm³/mol. The maximum Gasteiger partial charge on any atom is 0.119 e. The zero-order valence-electron chi connectivity index (χ0n) is 11.6. The van der Waals surface area contributed by atoms with Crippen molar-refractivity contribution in [2.45, 2.75) is 19.9 Å². The molecule has 0 radical (unpaired) electrons. The average molecular weight is 389 g/mol. The van der Waals surface area contributed by atoms with Gasteiger partial charge >= 0.3 is 0 Å². The molecular weight excluding hydrogens is 373 g/mol. The first-order chi connectivity index (χ1) is 10.1. The van der Waals surface area contributed by atoms with Crippen LogP contribution in [-0.2, 0) is 6.54 Å². The summed E-state index contributed by atoms with van der Waals surface area (Å²) in [6, 6.07) is 11.6. The molecule has 0 amide bonds. The number of rotatable bonds is 6. The molecule has 2 nitrogen and oxygen atoms in total. The molecule has 0 bridgehead atoms.